The number of halogens is 2. The van der Waals surface area contributed by atoms with E-state index < -0.39 is 0 Å². The van der Waals surface area contributed by atoms with Crippen LogP contribution in [-0.2, 0) is 0 Å². The van der Waals surface area contributed by atoms with Crippen molar-refractivity contribution >= 4 is 34.2 Å². The van der Waals surface area contributed by atoms with E-state index in [1.54, 1.807) is 6.07 Å². The molecule has 21 heavy (non-hydrogen) atoms. The van der Waals surface area contributed by atoms with Gasteiger partial charge in [0, 0.05) is 18.2 Å². The van der Waals surface area contributed by atoms with E-state index in [1.165, 1.54) is 0 Å². The number of nitrogens with zero attached hydrogens (tertiary/aromatic N) is 2. The highest BCUT2D eigenvalue weighted by molar-refractivity contribution is 6.42. The third-order valence-electron chi connectivity index (χ3n) is 3.56. The highest BCUT2D eigenvalue weighted by Crippen LogP contribution is 2.32. The molecule has 0 aliphatic carbocycles. The Bertz CT molecular complexity index is 795. The van der Waals surface area contributed by atoms with Crippen molar-refractivity contribution in [3.05, 3.63) is 52.5 Å². The number of hydrogen-bond donors (Lipinski definition) is 1. The van der Waals surface area contributed by atoms with E-state index >= 15 is 0 Å². The third kappa shape index (κ3) is 2.53. The van der Waals surface area contributed by atoms with Gasteiger partial charge < -0.3 is 10.3 Å². The maximum atomic E-state index is 6.13. The minimum absolute atomic E-state index is 0.141. The van der Waals surface area contributed by atoms with Gasteiger partial charge >= 0.3 is 0 Å². The molecule has 0 saturated heterocycles. The summed E-state index contributed by atoms with van der Waals surface area (Å²) in [5, 5.41) is 1.06. The van der Waals surface area contributed by atoms with Crippen LogP contribution in [0.25, 0.3) is 22.4 Å². The molecule has 1 atom stereocenters. The van der Waals surface area contributed by atoms with Crippen molar-refractivity contribution in [1.82, 2.24) is 9.55 Å². The normalized spacial score (nSPS) is 12.8. The Hall–Kier alpha value is -1.55. The first-order valence-electron chi connectivity index (χ1n) is 6.74. The highest BCUT2D eigenvalue weighted by Gasteiger charge is 2.16. The predicted octanol–water partition coefficient (Wildman–Crippen LogP) is 4.53. The summed E-state index contributed by atoms with van der Waals surface area (Å²) in [5.41, 5.74) is 8.80. The van der Waals surface area contributed by atoms with Crippen molar-refractivity contribution in [1.29, 1.82) is 0 Å². The first-order chi connectivity index (χ1) is 10.1. The highest BCUT2D eigenvalue weighted by atomic mass is 35.5. The first kappa shape index (κ1) is 14.4. The van der Waals surface area contributed by atoms with Crippen LogP contribution in [0.5, 0.6) is 0 Å². The average Bonchev–Trinajstić information content (AvgIpc) is 2.88. The molecular formula is C16H15Cl2N3. The molecule has 3 rings (SSSR count). The number of hydrogen-bond acceptors (Lipinski definition) is 2. The number of nitrogens with two attached hydrogens (primary N) is 1. The van der Waals surface area contributed by atoms with Gasteiger partial charge in [0.25, 0.3) is 0 Å². The minimum atomic E-state index is 0.141. The van der Waals surface area contributed by atoms with Crippen molar-refractivity contribution in [2.45, 2.75) is 13.0 Å². The van der Waals surface area contributed by atoms with Gasteiger partial charge in [-0.25, -0.2) is 4.98 Å². The van der Waals surface area contributed by atoms with Gasteiger partial charge in [-0.2, -0.15) is 0 Å². The van der Waals surface area contributed by atoms with Crippen LogP contribution in [0.1, 0.15) is 13.0 Å². The Kier molecular flexibility index (Phi) is 3.89. The lowest BCUT2D eigenvalue weighted by Gasteiger charge is -2.16. The number of para-hydroxylation sites is 2. The quantitative estimate of drug-likeness (QED) is 0.770. The number of rotatable bonds is 3. The van der Waals surface area contributed by atoms with Crippen LogP contribution in [0, 0.1) is 0 Å². The average molecular weight is 320 g/mol. The lowest BCUT2D eigenvalue weighted by Crippen LogP contribution is -2.16. The molecule has 0 fully saturated rings. The minimum Gasteiger partial charge on any atom is -0.328 e. The van der Waals surface area contributed by atoms with E-state index in [0.29, 0.717) is 16.6 Å². The Morgan fingerprint density at radius 2 is 1.90 bits per heavy atom. The van der Waals surface area contributed by atoms with Gasteiger partial charge in [0.2, 0.25) is 0 Å². The molecule has 5 heteroatoms. The van der Waals surface area contributed by atoms with Crippen LogP contribution in [0.15, 0.2) is 42.5 Å². The second-order valence-corrected chi connectivity index (χ2v) is 5.82. The van der Waals surface area contributed by atoms with Crippen LogP contribution in [0.2, 0.25) is 10.0 Å². The monoisotopic (exact) mass is 319 g/mol. The van der Waals surface area contributed by atoms with Gasteiger partial charge in [0.1, 0.15) is 5.82 Å². The maximum Gasteiger partial charge on any atom is 0.141 e. The summed E-state index contributed by atoms with van der Waals surface area (Å²) in [6, 6.07) is 13.7. The van der Waals surface area contributed by atoms with E-state index in [-0.39, 0.29) is 6.04 Å². The van der Waals surface area contributed by atoms with Gasteiger partial charge in [-0.05, 0) is 37.3 Å². The molecule has 0 radical (unpaired) electrons. The molecule has 0 amide bonds. The van der Waals surface area contributed by atoms with Gasteiger partial charge in [0.05, 0.1) is 21.1 Å². The Morgan fingerprint density at radius 1 is 1.14 bits per heavy atom. The molecule has 3 aromatic rings. The molecule has 0 aliphatic heterocycles. The smallest absolute Gasteiger partial charge is 0.141 e. The lowest BCUT2D eigenvalue weighted by atomic mass is 10.2. The maximum absolute atomic E-state index is 6.13. The topological polar surface area (TPSA) is 43.8 Å². The molecule has 1 heterocycles. The van der Waals surface area contributed by atoms with E-state index in [9.17, 15) is 0 Å². The number of aromatic nitrogens is 2. The van der Waals surface area contributed by atoms with E-state index in [1.807, 2.05) is 30.3 Å². The molecule has 1 unspecified atom stereocenters. The van der Waals surface area contributed by atoms with Crippen molar-refractivity contribution in [3.63, 3.8) is 0 Å². The Balaban J connectivity index is 2.28. The summed E-state index contributed by atoms with van der Waals surface area (Å²) >= 11 is 12.1. The molecule has 2 aromatic carbocycles. The van der Waals surface area contributed by atoms with Crippen molar-refractivity contribution in [3.8, 4) is 11.4 Å². The van der Waals surface area contributed by atoms with Gasteiger partial charge in [-0.1, -0.05) is 35.3 Å². The summed E-state index contributed by atoms with van der Waals surface area (Å²) in [4.78, 5) is 4.73. The summed E-state index contributed by atoms with van der Waals surface area (Å²) in [7, 11) is 0. The van der Waals surface area contributed by atoms with Crippen molar-refractivity contribution in [2.24, 2.45) is 5.73 Å². The summed E-state index contributed by atoms with van der Waals surface area (Å²) < 4.78 is 2.15. The number of benzene rings is 2. The second kappa shape index (κ2) is 5.68. The summed E-state index contributed by atoms with van der Waals surface area (Å²) in [5.74, 6) is 0.854. The van der Waals surface area contributed by atoms with Crippen LogP contribution >= 0.6 is 23.2 Å². The zero-order valence-electron chi connectivity index (χ0n) is 11.6. The van der Waals surface area contributed by atoms with E-state index in [2.05, 4.69) is 17.6 Å². The van der Waals surface area contributed by atoms with Crippen LogP contribution in [-0.4, -0.2) is 16.1 Å². The predicted molar refractivity (Wildman–Crippen MR) is 89.0 cm³/mol. The number of imidazole rings is 1. The fraction of sp³-hybridized carbons (Fsp3) is 0.188. The van der Waals surface area contributed by atoms with Crippen LogP contribution < -0.4 is 5.73 Å². The molecule has 0 aliphatic rings. The molecule has 1 aromatic heterocycles. The number of fused-ring (bicyclic) bond motifs is 1. The Morgan fingerprint density at radius 3 is 2.62 bits per heavy atom. The molecule has 0 spiro atoms. The van der Waals surface area contributed by atoms with Crippen molar-refractivity contribution < 1.29 is 0 Å². The zero-order valence-corrected chi connectivity index (χ0v) is 13.1. The second-order valence-electron chi connectivity index (χ2n) is 5.01. The van der Waals surface area contributed by atoms with Gasteiger partial charge in [0.15, 0.2) is 0 Å². The molecule has 0 bridgehead atoms. The van der Waals surface area contributed by atoms with Gasteiger partial charge in [-0.15, -0.1) is 0 Å². The lowest BCUT2D eigenvalue weighted by molar-refractivity contribution is 0.579. The zero-order chi connectivity index (χ0) is 15.0. The third-order valence-corrected chi connectivity index (χ3v) is 4.29. The molecule has 0 saturated carbocycles. The first-order valence-corrected chi connectivity index (χ1v) is 7.50. The van der Waals surface area contributed by atoms with Crippen LogP contribution in [0.3, 0.4) is 0 Å². The Labute approximate surface area is 133 Å². The molecule has 2 N–H and O–H groups in total. The van der Waals surface area contributed by atoms with Gasteiger partial charge in [-0.3, -0.25) is 0 Å². The fourth-order valence-corrected chi connectivity index (χ4v) is 2.73. The van der Waals surface area contributed by atoms with Crippen molar-refractivity contribution in [2.75, 3.05) is 6.54 Å². The van der Waals surface area contributed by atoms with Crippen LogP contribution in [0.4, 0.5) is 0 Å². The standard InChI is InChI=1S/C16H15Cl2N3/c1-10(9-19)21-15-5-3-2-4-14(15)20-16(21)11-6-7-12(17)13(18)8-11/h2-8,10H,9,19H2,1H3. The molecule has 108 valence electrons. The SMILES string of the molecule is CC(CN)n1c(-c2ccc(Cl)c(Cl)c2)nc2ccccc21. The largest absolute Gasteiger partial charge is 0.328 e. The summed E-state index contributed by atoms with van der Waals surface area (Å²) in [6.45, 7) is 2.61. The van der Waals surface area contributed by atoms with E-state index in [0.717, 1.165) is 22.4 Å². The molecule has 3 nitrogen and oxygen atoms in total. The summed E-state index contributed by atoms with van der Waals surface area (Å²) in [6.07, 6.45) is 0. The van der Waals surface area contributed by atoms with E-state index in [4.69, 9.17) is 33.9 Å². The fourth-order valence-electron chi connectivity index (χ4n) is 2.43. The molecular weight excluding hydrogens is 305 g/mol.